The molecule has 1 saturated carbocycles. The van der Waals surface area contributed by atoms with Crippen molar-refractivity contribution in [3.05, 3.63) is 12.3 Å². The predicted octanol–water partition coefficient (Wildman–Crippen LogP) is 2.41. The average Bonchev–Trinajstić information content (AvgIpc) is 2.56. The van der Waals surface area contributed by atoms with Crippen LogP contribution in [0, 0.1) is 5.92 Å². The zero-order valence-corrected chi connectivity index (χ0v) is 9.03. The van der Waals surface area contributed by atoms with Crippen LogP contribution in [0.15, 0.2) is 12.3 Å². The molecule has 14 heavy (non-hydrogen) atoms. The Labute approximate surface area is 85.5 Å². The lowest BCUT2D eigenvalue weighted by Crippen LogP contribution is -2.25. The van der Waals surface area contributed by atoms with E-state index in [2.05, 4.69) is 17.3 Å². The van der Waals surface area contributed by atoms with E-state index in [0.29, 0.717) is 6.04 Å². The molecule has 0 amide bonds. The minimum atomic E-state index is 0.640. The summed E-state index contributed by atoms with van der Waals surface area (Å²) in [6.07, 6.45) is 7.26. The number of hydrogen-bond donors (Lipinski definition) is 1. The second-order valence-corrected chi connectivity index (χ2v) is 4.48. The lowest BCUT2D eigenvalue weighted by Gasteiger charge is -2.26. The summed E-state index contributed by atoms with van der Waals surface area (Å²) in [7, 11) is 1.95. The Hall–Kier alpha value is -0.990. The van der Waals surface area contributed by atoms with Crippen LogP contribution in [-0.4, -0.2) is 15.8 Å². The molecule has 2 rings (SSSR count). The van der Waals surface area contributed by atoms with Crippen LogP contribution in [0.4, 0.5) is 5.82 Å². The van der Waals surface area contributed by atoms with Crippen LogP contribution in [0.25, 0.3) is 0 Å². The molecule has 0 aromatic carbocycles. The molecular formula is C11H19N3. The van der Waals surface area contributed by atoms with Crippen molar-refractivity contribution in [1.29, 1.82) is 0 Å². The molecule has 0 bridgehead atoms. The van der Waals surface area contributed by atoms with Crippen molar-refractivity contribution < 1.29 is 0 Å². The fraction of sp³-hybridized carbons (Fsp3) is 0.727. The van der Waals surface area contributed by atoms with Crippen LogP contribution in [-0.2, 0) is 7.05 Å². The first kappa shape index (κ1) is 9.56. The number of aromatic nitrogens is 2. The molecule has 3 heteroatoms. The summed E-state index contributed by atoms with van der Waals surface area (Å²) in [5.74, 6) is 1.93. The summed E-state index contributed by atoms with van der Waals surface area (Å²) in [6, 6.07) is 2.68. The van der Waals surface area contributed by atoms with Crippen LogP contribution in [0.3, 0.4) is 0 Å². The van der Waals surface area contributed by atoms with Gasteiger partial charge in [0.2, 0.25) is 0 Å². The van der Waals surface area contributed by atoms with Gasteiger partial charge in [0.1, 0.15) is 5.82 Å². The maximum atomic E-state index is 4.33. The van der Waals surface area contributed by atoms with Gasteiger partial charge < -0.3 is 5.32 Å². The molecule has 78 valence electrons. The van der Waals surface area contributed by atoms with E-state index in [1.54, 1.807) is 0 Å². The molecule has 1 aliphatic carbocycles. The number of rotatable bonds is 2. The van der Waals surface area contributed by atoms with Crippen molar-refractivity contribution >= 4 is 5.82 Å². The van der Waals surface area contributed by atoms with Crippen LogP contribution < -0.4 is 5.32 Å². The molecule has 1 fully saturated rings. The van der Waals surface area contributed by atoms with E-state index in [1.165, 1.54) is 25.7 Å². The van der Waals surface area contributed by atoms with Gasteiger partial charge in [-0.3, -0.25) is 4.68 Å². The Balaban J connectivity index is 1.86. The van der Waals surface area contributed by atoms with Crippen molar-refractivity contribution in [2.45, 2.75) is 38.6 Å². The largest absolute Gasteiger partial charge is 0.366 e. The van der Waals surface area contributed by atoms with Gasteiger partial charge in [0.05, 0.1) is 0 Å². The van der Waals surface area contributed by atoms with Crippen LogP contribution in [0.5, 0.6) is 0 Å². The summed E-state index contributed by atoms with van der Waals surface area (Å²) in [6.45, 7) is 2.34. The van der Waals surface area contributed by atoms with E-state index in [4.69, 9.17) is 0 Å². The van der Waals surface area contributed by atoms with Gasteiger partial charge in [-0.2, -0.15) is 5.10 Å². The van der Waals surface area contributed by atoms with Gasteiger partial charge in [-0.1, -0.05) is 6.92 Å². The smallest absolute Gasteiger partial charge is 0.148 e. The minimum Gasteiger partial charge on any atom is -0.366 e. The topological polar surface area (TPSA) is 29.9 Å². The first-order chi connectivity index (χ1) is 6.74. The van der Waals surface area contributed by atoms with Gasteiger partial charge >= 0.3 is 0 Å². The average molecular weight is 193 g/mol. The van der Waals surface area contributed by atoms with E-state index in [1.807, 2.05) is 24.0 Å². The van der Waals surface area contributed by atoms with Crippen molar-refractivity contribution in [1.82, 2.24) is 9.78 Å². The van der Waals surface area contributed by atoms with Crippen LogP contribution in [0.1, 0.15) is 32.6 Å². The maximum Gasteiger partial charge on any atom is 0.148 e. The van der Waals surface area contributed by atoms with Crippen molar-refractivity contribution in [2.75, 3.05) is 5.32 Å². The highest BCUT2D eigenvalue weighted by molar-refractivity contribution is 5.33. The van der Waals surface area contributed by atoms with Crippen molar-refractivity contribution in [2.24, 2.45) is 13.0 Å². The van der Waals surface area contributed by atoms with E-state index in [0.717, 1.165) is 11.7 Å². The second kappa shape index (κ2) is 4.03. The van der Waals surface area contributed by atoms with Crippen molar-refractivity contribution in [3.63, 3.8) is 0 Å². The number of aryl methyl sites for hydroxylation is 1. The van der Waals surface area contributed by atoms with Gasteiger partial charge in [-0.05, 0) is 31.6 Å². The van der Waals surface area contributed by atoms with Crippen LogP contribution >= 0.6 is 0 Å². The molecule has 3 nitrogen and oxygen atoms in total. The van der Waals surface area contributed by atoms with Gasteiger partial charge in [-0.15, -0.1) is 0 Å². The first-order valence-corrected chi connectivity index (χ1v) is 5.50. The SMILES string of the molecule is CC1CCC(Nc2ccn(C)n2)CC1. The second-order valence-electron chi connectivity index (χ2n) is 4.48. The fourth-order valence-corrected chi connectivity index (χ4v) is 2.11. The third-order valence-corrected chi connectivity index (χ3v) is 3.08. The van der Waals surface area contributed by atoms with E-state index >= 15 is 0 Å². The number of anilines is 1. The van der Waals surface area contributed by atoms with Gasteiger partial charge in [0, 0.05) is 25.4 Å². The van der Waals surface area contributed by atoms with Crippen molar-refractivity contribution in [3.8, 4) is 0 Å². The number of hydrogen-bond acceptors (Lipinski definition) is 2. The maximum absolute atomic E-state index is 4.33. The van der Waals surface area contributed by atoms with E-state index in [9.17, 15) is 0 Å². The standard InChI is InChI=1S/C11H19N3/c1-9-3-5-10(6-4-9)12-11-7-8-14(2)13-11/h7-10H,3-6H2,1-2H3,(H,12,13). The normalized spacial score (nSPS) is 27.6. The highest BCUT2D eigenvalue weighted by Gasteiger charge is 2.18. The summed E-state index contributed by atoms with van der Waals surface area (Å²) in [5.41, 5.74) is 0. The Kier molecular flexibility index (Phi) is 2.75. The summed E-state index contributed by atoms with van der Waals surface area (Å²) in [4.78, 5) is 0. The molecule has 1 aromatic heterocycles. The molecule has 0 atom stereocenters. The van der Waals surface area contributed by atoms with Gasteiger partial charge in [0.25, 0.3) is 0 Å². The third-order valence-electron chi connectivity index (χ3n) is 3.08. The Bertz CT molecular complexity index is 284. The molecule has 0 unspecified atom stereocenters. The summed E-state index contributed by atoms with van der Waals surface area (Å²) >= 11 is 0. The number of nitrogens with zero attached hydrogens (tertiary/aromatic N) is 2. The summed E-state index contributed by atoms with van der Waals surface area (Å²) < 4.78 is 1.84. The minimum absolute atomic E-state index is 0.640. The molecule has 0 saturated heterocycles. The third kappa shape index (κ3) is 2.28. The van der Waals surface area contributed by atoms with Crippen LogP contribution in [0.2, 0.25) is 0 Å². The first-order valence-electron chi connectivity index (χ1n) is 5.50. The molecule has 1 aliphatic rings. The fourth-order valence-electron chi connectivity index (χ4n) is 2.11. The molecule has 1 heterocycles. The molecule has 1 aromatic rings. The zero-order valence-electron chi connectivity index (χ0n) is 9.03. The van der Waals surface area contributed by atoms with E-state index < -0.39 is 0 Å². The van der Waals surface area contributed by atoms with Gasteiger partial charge in [0.15, 0.2) is 0 Å². The Morgan fingerprint density at radius 1 is 1.36 bits per heavy atom. The summed E-state index contributed by atoms with van der Waals surface area (Å²) in [5, 5.41) is 7.82. The molecule has 0 spiro atoms. The van der Waals surface area contributed by atoms with Gasteiger partial charge in [-0.25, -0.2) is 0 Å². The highest BCUT2D eigenvalue weighted by atomic mass is 15.3. The highest BCUT2D eigenvalue weighted by Crippen LogP contribution is 2.25. The Morgan fingerprint density at radius 3 is 2.64 bits per heavy atom. The quantitative estimate of drug-likeness (QED) is 0.781. The van der Waals surface area contributed by atoms with E-state index in [-0.39, 0.29) is 0 Å². The molecule has 1 N–H and O–H groups in total. The zero-order chi connectivity index (χ0) is 9.97. The molecule has 0 aliphatic heterocycles. The monoisotopic (exact) mass is 193 g/mol. The molecular weight excluding hydrogens is 174 g/mol. The Morgan fingerprint density at radius 2 is 2.07 bits per heavy atom. The number of nitrogens with one attached hydrogen (secondary N) is 1. The molecule has 0 radical (unpaired) electrons. The lowest BCUT2D eigenvalue weighted by atomic mass is 9.87. The lowest BCUT2D eigenvalue weighted by molar-refractivity contribution is 0.360. The predicted molar refractivity (Wildman–Crippen MR) is 58.3 cm³/mol.